The van der Waals surface area contributed by atoms with Crippen molar-refractivity contribution in [3.05, 3.63) is 59.4 Å². The number of imide groups is 1. The first-order valence-electron chi connectivity index (χ1n) is 12.6. The number of carboxylic acid groups (broad SMARTS) is 1. The van der Waals surface area contributed by atoms with E-state index in [1.54, 1.807) is 23.1 Å². The summed E-state index contributed by atoms with van der Waals surface area (Å²) < 4.78 is 19.5. The molecule has 1 heterocycles. The number of carbonyl (C=O) groups is 4. The second-order valence-corrected chi connectivity index (χ2v) is 9.68. The van der Waals surface area contributed by atoms with E-state index in [4.69, 9.17) is 9.84 Å². The number of hydrogen-bond donors (Lipinski definition) is 3. The van der Waals surface area contributed by atoms with Crippen molar-refractivity contribution >= 4 is 35.5 Å². The summed E-state index contributed by atoms with van der Waals surface area (Å²) in [5, 5.41) is 14.1. The van der Waals surface area contributed by atoms with Crippen molar-refractivity contribution in [2.45, 2.75) is 51.2 Å². The lowest BCUT2D eigenvalue weighted by atomic mass is 9.85. The topological polar surface area (TPSA) is 128 Å². The molecule has 0 saturated heterocycles. The molecule has 0 spiro atoms. The van der Waals surface area contributed by atoms with Crippen LogP contribution in [0.5, 0.6) is 0 Å². The average molecular weight is 527 g/mol. The third-order valence-corrected chi connectivity index (χ3v) is 7.04. The molecule has 202 valence electrons. The Bertz CT molecular complexity index is 1210. The summed E-state index contributed by atoms with van der Waals surface area (Å²) in [4.78, 5) is 50.3. The van der Waals surface area contributed by atoms with Crippen molar-refractivity contribution in [3.63, 3.8) is 0 Å². The van der Waals surface area contributed by atoms with Gasteiger partial charge in [0.25, 0.3) is 0 Å². The molecule has 11 heteroatoms. The van der Waals surface area contributed by atoms with Crippen molar-refractivity contribution in [1.82, 2.24) is 9.80 Å². The van der Waals surface area contributed by atoms with Gasteiger partial charge in [-0.3, -0.25) is 9.69 Å². The minimum atomic E-state index is -1.27. The fraction of sp³-hybridized carbons (Fsp3) is 0.407. The Morgan fingerprint density at radius 3 is 2.50 bits per heavy atom. The molecule has 0 atom stereocenters. The van der Waals surface area contributed by atoms with Gasteiger partial charge in [-0.05, 0) is 73.4 Å². The number of carbonyl (C=O) groups excluding carboxylic acids is 3. The Kier molecular flexibility index (Phi) is 8.45. The van der Waals surface area contributed by atoms with E-state index in [1.807, 2.05) is 12.1 Å². The van der Waals surface area contributed by atoms with E-state index in [1.165, 1.54) is 19.2 Å². The molecule has 1 fully saturated rings. The van der Waals surface area contributed by atoms with Crippen LogP contribution in [-0.4, -0.2) is 58.7 Å². The van der Waals surface area contributed by atoms with E-state index < -0.39 is 23.8 Å². The van der Waals surface area contributed by atoms with Crippen molar-refractivity contribution in [1.29, 1.82) is 0 Å². The van der Waals surface area contributed by atoms with Gasteiger partial charge in [0.2, 0.25) is 5.91 Å². The number of anilines is 2. The van der Waals surface area contributed by atoms with Crippen molar-refractivity contribution in [2.75, 3.05) is 24.2 Å². The molecule has 2 aromatic carbocycles. The lowest BCUT2D eigenvalue weighted by Gasteiger charge is -2.32. The second kappa shape index (κ2) is 11.9. The highest BCUT2D eigenvalue weighted by Crippen LogP contribution is 2.30. The fourth-order valence-electron chi connectivity index (χ4n) is 4.80. The monoisotopic (exact) mass is 526 g/mol. The van der Waals surface area contributed by atoms with Crippen LogP contribution in [0.1, 0.15) is 43.2 Å². The lowest BCUT2D eigenvalue weighted by molar-refractivity contribution is -0.129. The van der Waals surface area contributed by atoms with Gasteiger partial charge in [0, 0.05) is 32.2 Å². The highest BCUT2D eigenvalue weighted by molar-refractivity contribution is 5.99. The average Bonchev–Trinajstić information content (AvgIpc) is 2.90. The molecule has 0 unspecified atom stereocenters. The van der Waals surface area contributed by atoms with Gasteiger partial charge >= 0.3 is 18.2 Å². The standard InChI is InChI=1S/C27H31FN4O6/c1-31(26(35)36)24(33)14-17-6-10-21(11-7-17)38-27(37)32-13-12-18-15-20(9-8-19(18)16-32)29-25(34)30-23-5-3-2-4-22(23)28/h2-5,8-9,15,17,21H,6-7,10-14,16H2,1H3,(H,35,36)(H2,29,30,34). The van der Waals surface area contributed by atoms with Gasteiger partial charge in [-0.15, -0.1) is 0 Å². The molecule has 10 nitrogen and oxygen atoms in total. The van der Waals surface area contributed by atoms with Gasteiger partial charge in [0.1, 0.15) is 11.9 Å². The van der Waals surface area contributed by atoms with E-state index >= 15 is 0 Å². The zero-order valence-corrected chi connectivity index (χ0v) is 21.1. The highest BCUT2D eigenvalue weighted by Gasteiger charge is 2.30. The fourth-order valence-corrected chi connectivity index (χ4v) is 4.80. The largest absolute Gasteiger partial charge is 0.465 e. The summed E-state index contributed by atoms with van der Waals surface area (Å²) in [5.41, 5.74) is 2.62. The molecule has 2 aliphatic rings. The Morgan fingerprint density at radius 2 is 1.79 bits per heavy atom. The number of benzene rings is 2. The smallest absolute Gasteiger partial charge is 0.413 e. The first-order chi connectivity index (χ1) is 18.2. The molecule has 0 aromatic heterocycles. The number of rotatable bonds is 5. The van der Waals surface area contributed by atoms with E-state index in [0.717, 1.165) is 11.1 Å². The molecule has 1 aliphatic carbocycles. The molecule has 4 rings (SSSR count). The predicted molar refractivity (Wildman–Crippen MR) is 137 cm³/mol. The minimum absolute atomic E-state index is 0.0812. The number of fused-ring (bicyclic) bond motifs is 1. The van der Waals surface area contributed by atoms with Crippen LogP contribution >= 0.6 is 0 Å². The number of para-hydroxylation sites is 1. The van der Waals surface area contributed by atoms with Gasteiger partial charge in [0.15, 0.2) is 0 Å². The van der Waals surface area contributed by atoms with Gasteiger partial charge in [-0.2, -0.15) is 0 Å². The van der Waals surface area contributed by atoms with Gasteiger partial charge < -0.3 is 25.4 Å². The predicted octanol–water partition coefficient (Wildman–Crippen LogP) is 5.05. The molecule has 0 radical (unpaired) electrons. The molecule has 2 aromatic rings. The summed E-state index contributed by atoms with van der Waals surface area (Å²) >= 11 is 0. The summed E-state index contributed by atoms with van der Waals surface area (Å²) in [7, 11) is 1.25. The minimum Gasteiger partial charge on any atom is -0.465 e. The molecule has 3 N–H and O–H groups in total. The molecule has 5 amide bonds. The summed E-state index contributed by atoms with van der Waals surface area (Å²) in [6.45, 7) is 0.864. The number of hydrogen-bond acceptors (Lipinski definition) is 5. The molecular formula is C27H31FN4O6. The van der Waals surface area contributed by atoms with Crippen molar-refractivity contribution in [2.24, 2.45) is 5.92 Å². The normalized spacial score (nSPS) is 18.6. The number of nitrogens with zero attached hydrogens (tertiary/aromatic N) is 2. The zero-order valence-electron chi connectivity index (χ0n) is 21.1. The van der Waals surface area contributed by atoms with Gasteiger partial charge in [-0.25, -0.2) is 18.8 Å². The molecular weight excluding hydrogens is 495 g/mol. The Balaban J connectivity index is 1.24. The van der Waals surface area contributed by atoms with Crippen LogP contribution in [0.3, 0.4) is 0 Å². The van der Waals surface area contributed by atoms with Crippen LogP contribution in [0, 0.1) is 11.7 Å². The Hall–Kier alpha value is -4.15. The number of urea groups is 1. The third-order valence-electron chi connectivity index (χ3n) is 7.04. The number of nitrogens with one attached hydrogen (secondary N) is 2. The van der Waals surface area contributed by atoms with E-state index in [2.05, 4.69) is 10.6 Å². The van der Waals surface area contributed by atoms with Crippen molar-refractivity contribution in [3.8, 4) is 0 Å². The quantitative estimate of drug-likeness (QED) is 0.500. The number of halogens is 1. The summed E-state index contributed by atoms with van der Waals surface area (Å²) in [5.74, 6) is -0.862. The van der Waals surface area contributed by atoms with Crippen LogP contribution in [0.15, 0.2) is 42.5 Å². The van der Waals surface area contributed by atoms with Crippen LogP contribution < -0.4 is 10.6 Å². The van der Waals surface area contributed by atoms with Crippen LogP contribution in [-0.2, 0) is 22.5 Å². The first kappa shape index (κ1) is 26.9. The van der Waals surface area contributed by atoms with Crippen molar-refractivity contribution < 1.29 is 33.4 Å². The second-order valence-electron chi connectivity index (χ2n) is 9.68. The van der Waals surface area contributed by atoms with E-state index in [-0.39, 0.29) is 30.2 Å². The van der Waals surface area contributed by atoms with Gasteiger partial charge in [0.05, 0.1) is 5.69 Å². The van der Waals surface area contributed by atoms with Crippen LogP contribution in [0.2, 0.25) is 0 Å². The van der Waals surface area contributed by atoms with Gasteiger partial charge in [-0.1, -0.05) is 18.2 Å². The van der Waals surface area contributed by atoms with Crippen LogP contribution in [0.4, 0.5) is 30.1 Å². The molecule has 1 saturated carbocycles. The maximum Gasteiger partial charge on any atom is 0.413 e. The summed E-state index contributed by atoms with van der Waals surface area (Å²) in [6, 6.07) is 10.8. The Labute approximate surface area is 219 Å². The zero-order chi connectivity index (χ0) is 27.2. The summed E-state index contributed by atoms with van der Waals surface area (Å²) in [6.07, 6.45) is 1.55. The maximum atomic E-state index is 13.8. The third kappa shape index (κ3) is 6.78. The number of ether oxygens (including phenoxy) is 1. The highest BCUT2D eigenvalue weighted by atomic mass is 19.1. The first-order valence-corrected chi connectivity index (χ1v) is 12.6. The van der Waals surface area contributed by atoms with E-state index in [9.17, 15) is 23.6 Å². The lowest BCUT2D eigenvalue weighted by Crippen LogP contribution is -2.39. The van der Waals surface area contributed by atoms with E-state index in [0.29, 0.717) is 55.8 Å². The number of amides is 5. The molecule has 1 aliphatic heterocycles. The van der Waals surface area contributed by atoms with Crippen LogP contribution in [0.25, 0.3) is 0 Å². The molecule has 38 heavy (non-hydrogen) atoms. The Morgan fingerprint density at radius 1 is 1.05 bits per heavy atom. The molecule has 0 bridgehead atoms. The maximum absolute atomic E-state index is 13.8. The SMILES string of the molecule is CN(C(=O)O)C(=O)CC1CCC(OC(=O)N2CCc3cc(NC(=O)Nc4ccccc4F)ccc3C2)CC1.